The Morgan fingerprint density at radius 2 is 2.24 bits per heavy atom. The molecule has 0 spiro atoms. The number of rotatable bonds is 4. The van der Waals surface area contributed by atoms with Gasteiger partial charge >= 0.3 is 0 Å². The van der Waals surface area contributed by atoms with Crippen LogP contribution in [0.4, 0.5) is 0 Å². The molecule has 0 atom stereocenters. The second-order valence-electron chi connectivity index (χ2n) is 3.12. The van der Waals surface area contributed by atoms with Crippen LogP contribution in [0, 0.1) is 22.7 Å². The van der Waals surface area contributed by atoms with Crippen molar-refractivity contribution in [2.24, 2.45) is 0 Å². The Kier molecular flexibility index (Phi) is 4.47. The molecule has 17 heavy (non-hydrogen) atoms. The standard InChI is InChI=1S/C13H10N2O2/c1-2-17-9-12(8-15)13(16)11-5-3-4-10(6-11)7-14/h3-6,9H,2H2,1H3/b12-9+. The molecule has 0 aromatic heterocycles. The van der Waals surface area contributed by atoms with Crippen LogP contribution in [-0.4, -0.2) is 12.4 Å². The maximum Gasteiger partial charge on any atom is 0.206 e. The molecular formula is C13H10N2O2. The lowest BCUT2D eigenvalue weighted by molar-refractivity contribution is 0.103. The summed E-state index contributed by atoms with van der Waals surface area (Å²) < 4.78 is 4.92. The summed E-state index contributed by atoms with van der Waals surface area (Å²) >= 11 is 0. The van der Waals surface area contributed by atoms with E-state index in [0.717, 1.165) is 6.26 Å². The lowest BCUT2D eigenvalue weighted by atomic mass is 10.0. The number of carbonyl (C=O) groups is 1. The van der Waals surface area contributed by atoms with E-state index in [1.807, 2.05) is 6.07 Å². The Morgan fingerprint density at radius 3 is 2.82 bits per heavy atom. The SMILES string of the molecule is CCO/C=C(\C#N)C(=O)c1cccc(C#N)c1. The van der Waals surface area contributed by atoms with Crippen LogP contribution in [0.25, 0.3) is 0 Å². The number of hydrogen-bond donors (Lipinski definition) is 0. The molecule has 0 aliphatic rings. The molecule has 1 aromatic rings. The highest BCUT2D eigenvalue weighted by atomic mass is 16.5. The first-order valence-corrected chi connectivity index (χ1v) is 4.99. The number of carbonyl (C=O) groups excluding carboxylic acids is 1. The number of hydrogen-bond acceptors (Lipinski definition) is 4. The molecule has 4 heteroatoms. The molecule has 0 bridgehead atoms. The van der Waals surface area contributed by atoms with E-state index in [2.05, 4.69) is 0 Å². The minimum atomic E-state index is -0.446. The van der Waals surface area contributed by atoms with Gasteiger partial charge in [0.2, 0.25) is 5.78 Å². The topological polar surface area (TPSA) is 73.9 Å². The van der Waals surface area contributed by atoms with Crippen LogP contribution >= 0.6 is 0 Å². The highest BCUT2D eigenvalue weighted by molar-refractivity contribution is 6.11. The van der Waals surface area contributed by atoms with Crippen molar-refractivity contribution >= 4 is 5.78 Å². The second kappa shape index (κ2) is 6.09. The number of nitrogens with zero attached hydrogens (tertiary/aromatic N) is 2. The summed E-state index contributed by atoms with van der Waals surface area (Å²) in [6, 6.07) is 9.90. The summed E-state index contributed by atoms with van der Waals surface area (Å²) in [5.74, 6) is -0.446. The molecule has 0 unspecified atom stereocenters. The zero-order valence-electron chi connectivity index (χ0n) is 9.30. The van der Waals surface area contributed by atoms with Crippen LogP contribution in [-0.2, 0) is 4.74 Å². The lowest BCUT2D eigenvalue weighted by Crippen LogP contribution is -2.03. The molecular weight excluding hydrogens is 216 g/mol. The Hall–Kier alpha value is -2.59. The number of ketones is 1. The average Bonchev–Trinajstić information content (AvgIpc) is 2.39. The molecule has 0 aliphatic carbocycles. The highest BCUT2D eigenvalue weighted by Gasteiger charge is 2.12. The molecule has 4 nitrogen and oxygen atoms in total. The minimum Gasteiger partial charge on any atom is -0.500 e. The van der Waals surface area contributed by atoms with Gasteiger partial charge in [0.15, 0.2) is 0 Å². The summed E-state index contributed by atoms with van der Waals surface area (Å²) in [5, 5.41) is 17.5. The number of Topliss-reactive ketones (excluding diaryl/α,β-unsaturated/α-hetero) is 1. The first-order valence-electron chi connectivity index (χ1n) is 4.99. The van der Waals surface area contributed by atoms with E-state index in [-0.39, 0.29) is 5.57 Å². The first-order chi connectivity index (χ1) is 8.22. The van der Waals surface area contributed by atoms with Crippen LogP contribution in [0.2, 0.25) is 0 Å². The maximum atomic E-state index is 11.9. The summed E-state index contributed by atoms with van der Waals surface area (Å²) in [7, 11) is 0. The number of ether oxygens (including phenoxy) is 1. The van der Waals surface area contributed by atoms with Gasteiger partial charge in [-0.2, -0.15) is 10.5 Å². The molecule has 0 aliphatic heterocycles. The molecule has 0 radical (unpaired) electrons. The fourth-order valence-corrected chi connectivity index (χ4v) is 1.18. The molecule has 0 fully saturated rings. The Labute approximate surface area is 99.4 Å². The van der Waals surface area contributed by atoms with Crippen molar-refractivity contribution in [2.75, 3.05) is 6.61 Å². The number of allylic oxidation sites excluding steroid dienone is 1. The van der Waals surface area contributed by atoms with E-state index >= 15 is 0 Å². The van der Waals surface area contributed by atoms with E-state index in [4.69, 9.17) is 15.3 Å². The Bertz CT molecular complexity index is 533. The van der Waals surface area contributed by atoms with Gasteiger partial charge in [-0.15, -0.1) is 0 Å². The van der Waals surface area contributed by atoms with Crippen molar-refractivity contribution in [1.29, 1.82) is 10.5 Å². The molecule has 0 saturated carbocycles. The van der Waals surface area contributed by atoms with E-state index in [1.54, 1.807) is 31.2 Å². The van der Waals surface area contributed by atoms with Gasteiger partial charge in [-0.3, -0.25) is 4.79 Å². The second-order valence-corrected chi connectivity index (χ2v) is 3.12. The van der Waals surface area contributed by atoms with E-state index in [9.17, 15) is 4.79 Å². The summed E-state index contributed by atoms with van der Waals surface area (Å²) in [4.78, 5) is 11.9. The van der Waals surface area contributed by atoms with Gasteiger partial charge in [0, 0.05) is 5.56 Å². The third-order valence-corrected chi connectivity index (χ3v) is 1.99. The van der Waals surface area contributed by atoms with Gasteiger partial charge in [-0.05, 0) is 19.1 Å². The summed E-state index contributed by atoms with van der Waals surface area (Å²) in [5.41, 5.74) is 0.600. The predicted octanol–water partition coefficient (Wildman–Crippen LogP) is 2.18. The zero-order valence-corrected chi connectivity index (χ0v) is 9.30. The van der Waals surface area contributed by atoms with Crippen LogP contribution in [0.5, 0.6) is 0 Å². The number of benzene rings is 1. The highest BCUT2D eigenvalue weighted by Crippen LogP contribution is 2.10. The van der Waals surface area contributed by atoms with E-state index in [1.165, 1.54) is 6.07 Å². The first kappa shape index (κ1) is 12.5. The van der Waals surface area contributed by atoms with Crippen LogP contribution in [0.3, 0.4) is 0 Å². The van der Waals surface area contributed by atoms with Gasteiger partial charge in [0.1, 0.15) is 17.9 Å². The minimum absolute atomic E-state index is 0.0815. The zero-order chi connectivity index (χ0) is 12.7. The third kappa shape index (κ3) is 3.19. The largest absolute Gasteiger partial charge is 0.500 e. The van der Waals surface area contributed by atoms with Gasteiger partial charge in [0.25, 0.3) is 0 Å². The molecule has 1 rings (SSSR count). The van der Waals surface area contributed by atoms with Crippen molar-refractivity contribution in [3.05, 3.63) is 47.2 Å². The Balaban J connectivity index is 3.04. The van der Waals surface area contributed by atoms with Gasteiger partial charge < -0.3 is 4.74 Å². The fourth-order valence-electron chi connectivity index (χ4n) is 1.18. The molecule has 1 aromatic carbocycles. The molecule has 0 saturated heterocycles. The predicted molar refractivity (Wildman–Crippen MR) is 60.8 cm³/mol. The van der Waals surface area contributed by atoms with Gasteiger partial charge in [0.05, 0.1) is 18.2 Å². The van der Waals surface area contributed by atoms with Crippen LogP contribution in [0.1, 0.15) is 22.8 Å². The molecule has 0 N–H and O–H groups in total. The fraction of sp³-hybridized carbons (Fsp3) is 0.154. The third-order valence-electron chi connectivity index (χ3n) is 1.99. The van der Waals surface area contributed by atoms with Crippen molar-refractivity contribution < 1.29 is 9.53 Å². The van der Waals surface area contributed by atoms with Gasteiger partial charge in [-0.1, -0.05) is 12.1 Å². The summed E-state index contributed by atoms with van der Waals surface area (Å²) in [6.07, 6.45) is 1.14. The smallest absolute Gasteiger partial charge is 0.206 e. The quantitative estimate of drug-likeness (QED) is 0.341. The van der Waals surface area contributed by atoms with E-state index < -0.39 is 5.78 Å². The van der Waals surface area contributed by atoms with Crippen molar-refractivity contribution in [3.8, 4) is 12.1 Å². The van der Waals surface area contributed by atoms with Crippen molar-refractivity contribution in [2.45, 2.75) is 6.92 Å². The molecule has 0 heterocycles. The van der Waals surface area contributed by atoms with Crippen LogP contribution < -0.4 is 0 Å². The van der Waals surface area contributed by atoms with Crippen molar-refractivity contribution in [1.82, 2.24) is 0 Å². The van der Waals surface area contributed by atoms with Crippen molar-refractivity contribution in [3.63, 3.8) is 0 Å². The van der Waals surface area contributed by atoms with Crippen LogP contribution in [0.15, 0.2) is 36.1 Å². The monoisotopic (exact) mass is 226 g/mol. The normalized spacial score (nSPS) is 10.2. The molecule has 84 valence electrons. The van der Waals surface area contributed by atoms with E-state index in [0.29, 0.717) is 17.7 Å². The maximum absolute atomic E-state index is 11.9. The average molecular weight is 226 g/mol. The molecule has 0 amide bonds. The van der Waals surface area contributed by atoms with Gasteiger partial charge in [-0.25, -0.2) is 0 Å². The summed E-state index contributed by atoms with van der Waals surface area (Å²) in [6.45, 7) is 2.14. The lowest BCUT2D eigenvalue weighted by Gasteiger charge is -2.00. The number of nitriles is 2. The Morgan fingerprint density at radius 1 is 1.47 bits per heavy atom.